The summed E-state index contributed by atoms with van der Waals surface area (Å²) in [5, 5.41) is 13.0. The Bertz CT molecular complexity index is 1230. The molecule has 198 valence electrons. The van der Waals surface area contributed by atoms with Crippen molar-refractivity contribution in [2.24, 2.45) is 0 Å². The van der Waals surface area contributed by atoms with Gasteiger partial charge in [-0.05, 0) is 30.5 Å². The zero-order valence-corrected chi connectivity index (χ0v) is 19.9. The molecule has 1 saturated carbocycles. The second-order valence-corrected chi connectivity index (χ2v) is 8.95. The van der Waals surface area contributed by atoms with Crippen LogP contribution < -0.4 is 19.7 Å². The molecule has 0 saturated heterocycles. The number of nitrogens with zero attached hydrogens (tertiary/aromatic N) is 5. The molecule has 0 radical (unpaired) electrons. The Labute approximate surface area is 218 Å². The first-order valence-corrected chi connectivity index (χ1v) is 11.5. The number of nitrogens with one attached hydrogen (secondary N) is 1. The van der Waals surface area contributed by atoms with Crippen LogP contribution in [0.3, 0.4) is 0 Å². The van der Waals surface area contributed by atoms with Gasteiger partial charge in [0, 0.05) is 50.6 Å². The summed E-state index contributed by atoms with van der Waals surface area (Å²) < 4.78 is 11.1. The molecule has 0 bridgehead atoms. The lowest BCUT2D eigenvalue weighted by Crippen LogP contribution is -2.45. The van der Waals surface area contributed by atoms with Crippen LogP contribution in [-0.4, -0.2) is 77.4 Å². The average Bonchev–Trinajstić information content (AvgIpc) is 2.86. The fourth-order valence-electron chi connectivity index (χ4n) is 4.14. The molecule has 0 spiro atoms. The number of hydrogen-bond donors (Lipinski definition) is 2. The quantitative estimate of drug-likeness (QED) is 0.510. The van der Waals surface area contributed by atoms with Crippen LogP contribution in [0.2, 0.25) is 0 Å². The maximum absolute atomic E-state index is 12.3. The van der Waals surface area contributed by atoms with Gasteiger partial charge in [-0.25, -0.2) is 9.97 Å². The largest absolute Gasteiger partial charge is 0.484 e. The predicted molar refractivity (Wildman–Crippen MR) is 145 cm³/mol. The highest BCUT2D eigenvalue weighted by Crippen LogP contribution is 2.36. The molecule has 2 aromatic heterocycles. The van der Waals surface area contributed by atoms with Crippen LogP contribution in [-0.2, 0) is 0 Å². The fourth-order valence-corrected chi connectivity index (χ4v) is 4.14. The molecule has 10 heteroatoms. The van der Waals surface area contributed by atoms with E-state index in [0.29, 0.717) is 54.9 Å². The van der Waals surface area contributed by atoms with E-state index in [2.05, 4.69) is 20.2 Å². The highest BCUT2D eigenvalue weighted by Gasteiger charge is 2.32. The van der Waals surface area contributed by atoms with Crippen molar-refractivity contribution in [2.75, 3.05) is 44.6 Å². The Morgan fingerprint density at radius 3 is 2.41 bits per heavy atom. The van der Waals surface area contributed by atoms with Gasteiger partial charge in [-0.2, -0.15) is 4.98 Å². The maximum Gasteiger partial charge on any atom is 0.257 e. The van der Waals surface area contributed by atoms with E-state index in [1.54, 1.807) is 31.4 Å². The van der Waals surface area contributed by atoms with E-state index in [4.69, 9.17) is 14.5 Å². The van der Waals surface area contributed by atoms with Crippen molar-refractivity contribution < 1.29 is 19.4 Å². The first-order valence-electron chi connectivity index (χ1n) is 11.5. The number of ether oxygens (including phenoxy) is 2. The van der Waals surface area contributed by atoms with Crippen molar-refractivity contribution in [1.82, 2.24) is 19.9 Å². The summed E-state index contributed by atoms with van der Waals surface area (Å²) in [5.41, 5.74) is 3.03. The summed E-state index contributed by atoms with van der Waals surface area (Å²) in [6.07, 6.45) is 4.50. The highest BCUT2D eigenvalue weighted by molar-refractivity contribution is 5.94. The topological polar surface area (TPSA) is 113 Å². The third-order valence-corrected chi connectivity index (χ3v) is 6.24. The summed E-state index contributed by atoms with van der Waals surface area (Å²) >= 11 is 0. The minimum Gasteiger partial charge on any atom is -0.484 e. The number of amides is 1. The van der Waals surface area contributed by atoms with Crippen LogP contribution in [0.1, 0.15) is 38.1 Å². The Morgan fingerprint density at radius 2 is 1.73 bits per heavy atom. The van der Waals surface area contributed by atoms with Crippen molar-refractivity contribution in [2.45, 2.75) is 39.8 Å². The molecule has 37 heavy (non-hydrogen) atoms. The van der Waals surface area contributed by atoms with Gasteiger partial charge in [-0.1, -0.05) is 27.0 Å². The first-order chi connectivity index (χ1) is 16.9. The molecule has 3 aromatic rings. The van der Waals surface area contributed by atoms with Crippen molar-refractivity contribution in [1.29, 1.82) is 0 Å². The highest BCUT2D eigenvalue weighted by atomic mass is 16.6. The molecular weight excluding hydrogens is 472 g/mol. The molecule has 1 fully saturated rings. The van der Waals surface area contributed by atoms with Gasteiger partial charge in [0.1, 0.15) is 19.0 Å². The number of anilines is 3. The molecule has 1 amide bonds. The van der Waals surface area contributed by atoms with E-state index < -0.39 is 0 Å². The molecule has 2 aliphatic rings. The summed E-state index contributed by atoms with van der Waals surface area (Å²) in [5.74, 6) is 2.13. The van der Waals surface area contributed by atoms with Gasteiger partial charge in [0.25, 0.3) is 11.8 Å². The molecular formula is C27H36N6O4. The normalized spacial score (nSPS) is 17.4. The number of carbonyl (C=O) groups is 1. The monoisotopic (exact) mass is 508 g/mol. The zero-order chi connectivity index (χ0) is 24.5. The fraction of sp³-hybridized carbons (Fsp3) is 0.407. The van der Waals surface area contributed by atoms with Crippen LogP contribution in [0.5, 0.6) is 11.6 Å². The van der Waals surface area contributed by atoms with E-state index in [1.165, 1.54) is 0 Å². The standard InChI is InChI=1S/C25H28N6O4.2CH4/c1-30(2)24(33)16-6-4-15(5-7-16)20-14-27-25(29-22(20)31(3)18-11-19(32)12-18)28-17-10-21-23(26-13-17)35-9-8-34-21;;/h4-7,10,13-14,18-19,32H,8-9,11-12H2,1-3H3,(H,27,28,29);2*1H4. The number of rotatable bonds is 6. The number of aliphatic hydroxyl groups excluding tert-OH is 1. The summed E-state index contributed by atoms with van der Waals surface area (Å²) in [4.78, 5) is 29.6. The Kier molecular flexibility index (Phi) is 8.54. The molecule has 2 N–H and O–H groups in total. The lowest BCUT2D eigenvalue weighted by molar-refractivity contribution is 0.0748. The Morgan fingerprint density at radius 1 is 1.03 bits per heavy atom. The van der Waals surface area contributed by atoms with Crippen molar-refractivity contribution in [3.63, 3.8) is 0 Å². The van der Waals surface area contributed by atoms with Gasteiger partial charge in [-0.15, -0.1) is 0 Å². The molecule has 5 rings (SSSR count). The summed E-state index contributed by atoms with van der Waals surface area (Å²) in [7, 11) is 5.43. The third kappa shape index (κ3) is 5.75. The first kappa shape index (κ1) is 27.7. The molecule has 10 nitrogen and oxygen atoms in total. The van der Waals surface area contributed by atoms with E-state index in [0.717, 1.165) is 16.9 Å². The number of carbonyl (C=O) groups excluding carboxylic acids is 1. The smallest absolute Gasteiger partial charge is 0.257 e. The van der Waals surface area contributed by atoms with E-state index >= 15 is 0 Å². The number of benzene rings is 1. The van der Waals surface area contributed by atoms with Crippen LogP contribution in [0.15, 0.2) is 42.7 Å². The lowest BCUT2D eigenvalue weighted by Gasteiger charge is -2.39. The molecule has 0 unspecified atom stereocenters. The molecule has 3 heterocycles. The number of aromatic nitrogens is 3. The van der Waals surface area contributed by atoms with E-state index in [9.17, 15) is 9.90 Å². The van der Waals surface area contributed by atoms with Crippen molar-refractivity contribution >= 4 is 23.4 Å². The molecule has 1 aliphatic carbocycles. The number of aliphatic hydroxyl groups is 1. The van der Waals surface area contributed by atoms with Crippen LogP contribution in [0, 0.1) is 0 Å². The van der Waals surface area contributed by atoms with Gasteiger partial charge >= 0.3 is 0 Å². The molecule has 1 aliphatic heterocycles. The van der Waals surface area contributed by atoms with Gasteiger partial charge in [0.2, 0.25) is 5.95 Å². The molecule has 1 aromatic carbocycles. The number of fused-ring (bicyclic) bond motifs is 1. The molecule has 0 atom stereocenters. The Balaban J connectivity index is 0.00000190. The third-order valence-electron chi connectivity index (χ3n) is 6.24. The summed E-state index contributed by atoms with van der Waals surface area (Å²) in [6.45, 7) is 0.956. The SMILES string of the molecule is C.C.CN(C)C(=O)c1ccc(-c2cnc(Nc3cnc4c(c3)OCCO4)nc2N(C)C2CC(O)C2)cc1. The lowest BCUT2D eigenvalue weighted by atomic mass is 9.88. The van der Waals surface area contributed by atoms with E-state index in [1.807, 2.05) is 37.4 Å². The minimum atomic E-state index is -0.287. The maximum atomic E-state index is 12.3. The van der Waals surface area contributed by atoms with Gasteiger partial charge in [-0.3, -0.25) is 4.79 Å². The van der Waals surface area contributed by atoms with Crippen molar-refractivity contribution in [3.05, 3.63) is 48.3 Å². The predicted octanol–water partition coefficient (Wildman–Crippen LogP) is 3.99. The minimum absolute atomic E-state index is 0. The van der Waals surface area contributed by atoms with Crippen LogP contribution in [0.4, 0.5) is 17.5 Å². The average molecular weight is 509 g/mol. The second-order valence-electron chi connectivity index (χ2n) is 8.95. The Hall–Kier alpha value is -3.92. The van der Waals surface area contributed by atoms with Gasteiger partial charge in [0.05, 0.1) is 18.0 Å². The van der Waals surface area contributed by atoms with Gasteiger partial charge in [0.15, 0.2) is 5.75 Å². The van der Waals surface area contributed by atoms with Gasteiger partial charge < -0.3 is 29.7 Å². The number of pyridine rings is 1. The zero-order valence-electron chi connectivity index (χ0n) is 19.9. The van der Waals surface area contributed by atoms with Crippen LogP contribution >= 0.6 is 0 Å². The van der Waals surface area contributed by atoms with E-state index in [-0.39, 0.29) is 32.9 Å². The van der Waals surface area contributed by atoms with Crippen molar-refractivity contribution in [3.8, 4) is 22.8 Å². The number of hydrogen-bond acceptors (Lipinski definition) is 9. The summed E-state index contributed by atoms with van der Waals surface area (Å²) in [6, 6.07) is 9.41. The van der Waals surface area contributed by atoms with Crippen LogP contribution in [0.25, 0.3) is 11.1 Å². The second kappa shape index (κ2) is 11.4.